The normalized spacial score (nSPS) is 49.7. The van der Waals surface area contributed by atoms with Crippen LogP contribution in [0.15, 0.2) is 23.3 Å². The molecule has 16 heteroatoms. The standard InChI is InChI=1S/C42H72O14.C30H52O2.4CH4/c1-20(2)10-9-13-42(8,56-37-34(52)32(50)30(48)25(19-44)55-37)21-11-15-40(6)28(21)22(45)16-26-39(5)14-12-27(46)38(3,4)35(39)23(17-41(26,40)7)53-36-33(51)31(49)29(47)24(18-43)54-36;1-19(2)10-9-11-22(31)21-13-16-30(8)26(21)23(32)18-25-28(6)15-12-20(3)27(4,5)24(28)14-17-29(25,30)7;;;;/h10,21-37,43-52H,9,11-19H2,1-8H3;10,20-26,31-32H,9,11-18H2,1-8H3;4*1H4/t21-,22+,23-,24?,25+,26+,27-,28-,29+,30+,31-,32-,33+,34+,35-,36?,37?,39+,40+,41+,42-;20-,21?,22+,23+,24?,25?,26?,28-,29+,30+;;;;/m00..../s1. The van der Waals surface area contributed by atoms with Gasteiger partial charge in [-0.05, 0) is 240 Å². The van der Waals surface area contributed by atoms with Crippen LogP contribution < -0.4 is 0 Å². The lowest BCUT2D eigenvalue weighted by molar-refractivity contribution is -0.349. The van der Waals surface area contributed by atoms with Gasteiger partial charge in [0.05, 0.1) is 49.3 Å². The lowest BCUT2D eigenvalue weighted by Crippen LogP contribution is -2.71. The van der Waals surface area contributed by atoms with Crippen molar-refractivity contribution < 1.29 is 80.2 Å². The van der Waals surface area contributed by atoms with Gasteiger partial charge in [0.1, 0.15) is 48.8 Å². The number of aliphatic hydroxyl groups excluding tert-OH is 12. The van der Waals surface area contributed by atoms with E-state index >= 15 is 0 Å². The van der Waals surface area contributed by atoms with Crippen molar-refractivity contribution in [1.82, 2.24) is 0 Å². The highest BCUT2D eigenvalue weighted by Crippen LogP contribution is 2.78. The Morgan fingerprint density at radius 2 is 1.03 bits per heavy atom. The maximum Gasteiger partial charge on any atom is 0.187 e. The van der Waals surface area contributed by atoms with Gasteiger partial charge in [0, 0.05) is 0 Å². The van der Waals surface area contributed by atoms with Crippen molar-refractivity contribution in [3.05, 3.63) is 23.3 Å². The third-order valence-corrected chi connectivity index (χ3v) is 29.1. The quantitative estimate of drug-likeness (QED) is 0.0569. The molecule has 0 aromatic carbocycles. The summed E-state index contributed by atoms with van der Waals surface area (Å²) in [6.45, 7) is 35.2. The van der Waals surface area contributed by atoms with Crippen LogP contribution in [-0.4, -0.2) is 172 Å². The fourth-order valence-electron chi connectivity index (χ4n) is 23.6. The molecular weight excluding hydrogens is 1170 g/mol. The molecule has 16 nitrogen and oxygen atoms in total. The molecule has 7 unspecified atom stereocenters. The second-order valence-corrected chi connectivity index (χ2v) is 34.4. The van der Waals surface area contributed by atoms with Crippen LogP contribution in [-0.2, 0) is 18.9 Å². The monoisotopic (exact) mass is 1310 g/mol. The van der Waals surface area contributed by atoms with Gasteiger partial charge in [0.25, 0.3) is 0 Å². The summed E-state index contributed by atoms with van der Waals surface area (Å²) < 4.78 is 25.4. The van der Waals surface area contributed by atoms with Crippen molar-refractivity contribution in [2.45, 2.75) is 347 Å². The minimum atomic E-state index is -1.61. The Bertz CT molecular complexity index is 2460. The third-order valence-electron chi connectivity index (χ3n) is 29.1. The summed E-state index contributed by atoms with van der Waals surface area (Å²) in [5.41, 5.74) is 0.533. The minimum Gasteiger partial charge on any atom is -0.394 e. The Kier molecular flexibility index (Phi) is 25.9. The predicted octanol–water partition coefficient (Wildman–Crippen LogP) is 11.0. The second kappa shape index (κ2) is 29.2. The predicted molar refractivity (Wildman–Crippen MR) is 363 cm³/mol. The molecule has 12 N–H and O–H groups in total. The number of ether oxygens (including phenoxy) is 4. The molecular formula is C76H140O16. The Morgan fingerprint density at radius 1 is 0.543 bits per heavy atom. The van der Waals surface area contributed by atoms with Crippen molar-refractivity contribution in [2.24, 2.45) is 96.6 Å². The molecule has 0 spiro atoms. The maximum atomic E-state index is 12.6. The molecule has 92 heavy (non-hydrogen) atoms. The minimum absolute atomic E-state index is 0. The fraction of sp³-hybridized carbons (Fsp3) is 0.947. The second-order valence-electron chi connectivity index (χ2n) is 34.4. The Balaban J connectivity index is 0.000000364. The van der Waals surface area contributed by atoms with Gasteiger partial charge in [-0.25, -0.2) is 0 Å². The molecule has 10 aliphatic rings. The maximum absolute atomic E-state index is 12.6. The van der Waals surface area contributed by atoms with Crippen molar-refractivity contribution >= 4 is 0 Å². The number of allylic oxidation sites excluding steroid dienone is 4. The summed E-state index contributed by atoms with van der Waals surface area (Å²) in [6, 6.07) is 0. The van der Waals surface area contributed by atoms with E-state index in [1.807, 2.05) is 34.6 Å². The lowest BCUT2D eigenvalue weighted by atomic mass is 9.34. The van der Waals surface area contributed by atoms with Crippen LogP contribution in [0.3, 0.4) is 0 Å². The van der Waals surface area contributed by atoms with Gasteiger partial charge >= 0.3 is 0 Å². The molecule has 2 aliphatic heterocycles. The summed E-state index contributed by atoms with van der Waals surface area (Å²) in [4.78, 5) is 0. The van der Waals surface area contributed by atoms with Gasteiger partial charge in [0.15, 0.2) is 12.6 Å². The highest BCUT2D eigenvalue weighted by molar-refractivity contribution is 5.23. The van der Waals surface area contributed by atoms with E-state index in [9.17, 15) is 61.3 Å². The summed E-state index contributed by atoms with van der Waals surface area (Å²) in [5.74, 6) is 1.87. The van der Waals surface area contributed by atoms with E-state index in [0.29, 0.717) is 61.7 Å². The molecule has 0 aromatic heterocycles. The van der Waals surface area contributed by atoms with Crippen LogP contribution in [0, 0.1) is 96.6 Å². The van der Waals surface area contributed by atoms with Gasteiger partial charge in [-0.3, -0.25) is 0 Å². The van der Waals surface area contributed by atoms with E-state index < -0.39 is 120 Å². The van der Waals surface area contributed by atoms with Crippen molar-refractivity contribution in [1.29, 1.82) is 0 Å². The van der Waals surface area contributed by atoms with E-state index in [-0.39, 0.29) is 88.3 Å². The topological polar surface area (TPSA) is 280 Å². The van der Waals surface area contributed by atoms with Crippen LogP contribution in [0.5, 0.6) is 0 Å². The first-order chi connectivity index (χ1) is 40.8. The number of aliphatic hydroxyl groups is 12. The molecule has 10 fully saturated rings. The van der Waals surface area contributed by atoms with Gasteiger partial charge in [-0.1, -0.05) is 129 Å². The van der Waals surface area contributed by atoms with Crippen LogP contribution in [0.25, 0.3) is 0 Å². The average molecular weight is 1310 g/mol. The van der Waals surface area contributed by atoms with E-state index in [0.717, 1.165) is 49.5 Å². The molecule has 0 bridgehead atoms. The smallest absolute Gasteiger partial charge is 0.187 e. The van der Waals surface area contributed by atoms with E-state index in [1.165, 1.54) is 37.7 Å². The van der Waals surface area contributed by atoms with E-state index in [1.54, 1.807) is 0 Å². The van der Waals surface area contributed by atoms with Crippen LogP contribution in [0.2, 0.25) is 0 Å². The molecule has 31 atom stereocenters. The molecule has 8 saturated carbocycles. The highest BCUT2D eigenvalue weighted by atomic mass is 16.7. The summed E-state index contributed by atoms with van der Waals surface area (Å²) in [6.07, 6.45) is 2.47. The number of hydrogen-bond acceptors (Lipinski definition) is 16. The SMILES string of the molecule is C.C.C.C.CC(C)=CCC[C@@H](O)C1CC[C@]2(C)C1[C@H](O)CC1[C@@]3(C)CC[C@H](C)C(C)(C)C3CC[C@]12C.CC(C)=CCC[C@](C)(OC1O[C@H](CO)[C@@H](O)[C@H](O)[C@H]1O)[C@H]1CC[C@]2(C)[C@@H]1[C@H](O)C[C@@H]1[C@@]3(C)CC[C@H](O)C(C)(C)[C@@H]3[C@@H](OC3OC(CO)[C@@H](O)[C@H](O)[C@H]3O)C[C@]12C. The molecule has 10 rings (SSSR count). The first-order valence-electron chi connectivity index (χ1n) is 34.7. The lowest BCUT2D eigenvalue weighted by Gasteiger charge is -2.72. The number of fused-ring (bicyclic) bond motifs is 10. The zero-order valence-electron chi connectivity index (χ0n) is 56.9. The first kappa shape index (κ1) is 81.5. The Hall–Kier alpha value is -1.16. The van der Waals surface area contributed by atoms with Gasteiger partial charge in [0.2, 0.25) is 0 Å². The Labute approximate surface area is 558 Å². The average Bonchev–Trinajstić information content (AvgIpc) is 1.29. The van der Waals surface area contributed by atoms with Crippen molar-refractivity contribution in [3.8, 4) is 0 Å². The van der Waals surface area contributed by atoms with Crippen molar-refractivity contribution in [3.63, 3.8) is 0 Å². The number of rotatable bonds is 14. The van der Waals surface area contributed by atoms with Gasteiger partial charge in [-0.15, -0.1) is 0 Å². The fourth-order valence-corrected chi connectivity index (χ4v) is 23.6. The Morgan fingerprint density at radius 3 is 1.60 bits per heavy atom. The van der Waals surface area contributed by atoms with Crippen LogP contribution >= 0.6 is 0 Å². The van der Waals surface area contributed by atoms with E-state index in [4.69, 9.17) is 18.9 Å². The van der Waals surface area contributed by atoms with E-state index in [2.05, 4.69) is 88.3 Å². The van der Waals surface area contributed by atoms with Gasteiger partial charge < -0.3 is 80.2 Å². The number of hydrogen-bond donors (Lipinski definition) is 12. The molecule has 2 heterocycles. The zero-order chi connectivity index (χ0) is 65.2. The summed E-state index contributed by atoms with van der Waals surface area (Å²) >= 11 is 0. The summed E-state index contributed by atoms with van der Waals surface area (Å²) in [7, 11) is 0. The molecule has 0 amide bonds. The highest BCUT2D eigenvalue weighted by Gasteiger charge is 2.75. The zero-order valence-corrected chi connectivity index (χ0v) is 56.9. The van der Waals surface area contributed by atoms with Crippen LogP contribution in [0.4, 0.5) is 0 Å². The summed E-state index contributed by atoms with van der Waals surface area (Å²) in [5, 5.41) is 132. The largest absolute Gasteiger partial charge is 0.394 e. The molecule has 2 saturated heterocycles. The molecule has 8 aliphatic carbocycles. The molecule has 540 valence electrons. The molecule has 0 radical (unpaired) electrons. The third kappa shape index (κ3) is 13.2. The van der Waals surface area contributed by atoms with Crippen LogP contribution in [0.1, 0.15) is 250 Å². The molecule has 0 aromatic rings. The first-order valence-corrected chi connectivity index (χ1v) is 34.7. The van der Waals surface area contributed by atoms with Gasteiger partial charge in [-0.2, -0.15) is 0 Å². The van der Waals surface area contributed by atoms with Crippen molar-refractivity contribution in [2.75, 3.05) is 13.2 Å².